The lowest BCUT2D eigenvalue weighted by atomic mass is 9.63. The number of benzene rings is 2. The van der Waals surface area contributed by atoms with Gasteiger partial charge in [-0.15, -0.1) is 0 Å². The van der Waals surface area contributed by atoms with Crippen molar-refractivity contribution in [2.75, 3.05) is 77.5 Å². The Morgan fingerprint density at radius 1 is 0.927 bits per heavy atom. The molecule has 4 heterocycles. The van der Waals surface area contributed by atoms with Gasteiger partial charge in [0.15, 0.2) is 9.84 Å². The van der Waals surface area contributed by atoms with E-state index in [0.717, 1.165) is 95.7 Å². The van der Waals surface area contributed by atoms with Gasteiger partial charge in [0.25, 0.3) is 5.54 Å². The Morgan fingerprint density at radius 2 is 1.65 bits per heavy atom. The second-order valence-corrected chi connectivity index (χ2v) is 18.8. The molecule has 0 spiro atoms. The second-order valence-electron chi connectivity index (χ2n) is 16.5. The first-order valence-corrected chi connectivity index (χ1v) is 21.9. The second kappa shape index (κ2) is 17.1. The molecule has 55 heavy (non-hydrogen) atoms. The van der Waals surface area contributed by atoms with Gasteiger partial charge in [0.1, 0.15) is 11.1 Å². The molecule has 12 heteroatoms. The Bertz CT molecular complexity index is 1840. The Hall–Kier alpha value is -3.79. The van der Waals surface area contributed by atoms with Crippen molar-refractivity contribution in [1.82, 2.24) is 14.7 Å². The van der Waals surface area contributed by atoms with Crippen LogP contribution in [0.4, 0.5) is 10.1 Å². The Labute approximate surface area is 326 Å². The molecule has 7 rings (SSSR count). The fraction of sp³-hybridized carbons (Fsp3) is 0.605. The van der Waals surface area contributed by atoms with Crippen molar-refractivity contribution < 1.29 is 27.1 Å². The summed E-state index contributed by atoms with van der Waals surface area (Å²) >= 11 is 0. The molecule has 0 N–H and O–H groups in total. The molecule has 1 saturated carbocycles. The number of methoxy groups -OCH3 is 1. The van der Waals surface area contributed by atoms with Crippen molar-refractivity contribution in [3.05, 3.63) is 83.5 Å². The van der Waals surface area contributed by atoms with Crippen molar-refractivity contribution in [2.45, 2.75) is 73.5 Å². The van der Waals surface area contributed by atoms with Crippen LogP contribution < -0.4 is 4.90 Å². The van der Waals surface area contributed by atoms with Gasteiger partial charge in [-0.1, -0.05) is 31.1 Å². The lowest BCUT2D eigenvalue weighted by molar-refractivity contribution is -0.142. The van der Waals surface area contributed by atoms with E-state index in [4.69, 9.17) is 11.3 Å². The summed E-state index contributed by atoms with van der Waals surface area (Å²) in [6, 6.07) is 13.8. The van der Waals surface area contributed by atoms with Crippen LogP contribution in [0.1, 0.15) is 63.4 Å². The third kappa shape index (κ3) is 8.49. The molecule has 0 bridgehead atoms. The van der Waals surface area contributed by atoms with Crippen LogP contribution in [-0.2, 0) is 29.7 Å². The number of nitrogens with zero attached hydrogens (tertiary/aromatic N) is 5. The van der Waals surface area contributed by atoms with Crippen molar-refractivity contribution in [3.63, 3.8) is 0 Å². The van der Waals surface area contributed by atoms with Crippen molar-refractivity contribution in [2.24, 2.45) is 23.7 Å². The summed E-state index contributed by atoms with van der Waals surface area (Å²) in [5.74, 6) is -0.140. The number of likely N-dealkylation sites (tertiary alicyclic amines) is 3. The van der Waals surface area contributed by atoms with Gasteiger partial charge in [0.05, 0.1) is 12.0 Å². The van der Waals surface area contributed by atoms with E-state index in [1.165, 1.54) is 32.4 Å². The summed E-state index contributed by atoms with van der Waals surface area (Å²) in [6.07, 6.45) is 11.8. The van der Waals surface area contributed by atoms with E-state index in [-0.39, 0.29) is 48.5 Å². The molecule has 3 atom stereocenters. The molecule has 5 aliphatic rings. The third-order valence-electron chi connectivity index (χ3n) is 13.2. The molecule has 4 saturated heterocycles. The molecule has 5 fully saturated rings. The average molecular weight is 774 g/mol. The molecule has 4 aliphatic heterocycles. The maximum Gasteiger partial charge on any atom is 0.305 e. The highest BCUT2D eigenvalue weighted by Crippen LogP contribution is 2.54. The lowest BCUT2D eigenvalue weighted by Crippen LogP contribution is -2.56. The van der Waals surface area contributed by atoms with Crippen LogP contribution in [0.3, 0.4) is 0 Å². The normalized spacial score (nSPS) is 24.6. The lowest BCUT2D eigenvalue weighted by Gasteiger charge is -2.46. The zero-order chi connectivity index (χ0) is 38.6. The fourth-order valence-electron chi connectivity index (χ4n) is 10.1. The zero-order valence-electron chi connectivity index (χ0n) is 32.2. The minimum atomic E-state index is -3.53. The summed E-state index contributed by atoms with van der Waals surface area (Å²) in [5, 5.41) is -0.580. The molecule has 296 valence electrons. The van der Waals surface area contributed by atoms with Crippen molar-refractivity contribution in [3.8, 4) is 0 Å². The monoisotopic (exact) mass is 773 g/mol. The fourth-order valence-corrected chi connectivity index (χ4v) is 11.8. The Balaban J connectivity index is 0.889. The number of carbonyl (C=O) groups is 2. The number of sulfone groups is 1. The number of carbonyl (C=O) groups excluding carboxylic acids is 2. The summed E-state index contributed by atoms with van der Waals surface area (Å²) in [7, 11) is -2.12. The SMILES string of the molecule is [C-]#[N+][C@@](c1cccc(F)c1)(C1CCN(CC2CN(c3ccc(S(=O)(=O)C4CN(C(=O)/C=C/CN5CCCCC5)C4)cc3)C2)CC1)[C@H]1CCC[C@@H]1CC(=O)OC. The molecule has 0 unspecified atom stereocenters. The van der Waals surface area contributed by atoms with E-state index in [9.17, 15) is 22.4 Å². The number of rotatable bonds is 13. The van der Waals surface area contributed by atoms with E-state index in [0.29, 0.717) is 17.2 Å². The average Bonchev–Trinajstić information content (AvgIpc) is 3.62. The highest BCUT2D eigenvalue weighted by atomic mass is 32.2. The van der Waals surface area contributed by atoms with Gasteiger partial charge in [0, 0.05) is 80.8 Å². The standard InChI is InChI=1S/C43H56FN5O5S/c1-45-43(35-10-7-11-36(44)26-35,40-12-6-9-33(40)25-42(51)54-2)34-18-23-47(24-19-34)27-32-28-48(29-32)37-14-16-38(17-15-37)55(52,53)39-30-49(31-39)41(50)13-8-22-46-20-4-3-5-21-46/h7-8,10-11,13-17,26,32-34,39-40H,3-6,9,12,18-25,27-31H2,2H3/b13-8+/t33-,40+,43-/m1/s1. The number of halogens is 1. The van der Waals surface area contributed by atoms with Crippen LogP contribution in [0.15, 0.2) is 65.6 Å². The van der Waals surface area contributed by atoms with Crippen LogP contribution >= 0.6 is 0 Å². The molecule has 1 amide bonds. The van der Waals surface area contributed by atoms with Crippen LogP contribution in [0.2, 0.25) is 0 Å². The maximum atomic E-state index is 14.7. The minimum Gasteiger partial charge on any atom is -0.469 e. The minimum absolute atomic E-state index is 0.0295. The quantitative estimate of drug-likeness (QED) is 0.144. The predicted molar refractivity (Wildman–Crippen MR) is 210 cm³/mol. The number of piperidine rings is 2. The molecule has 0 aromatic heterocycles. The highest BCUT2D eigenvalue weighted by Gasteiger charge is 2.58. The zero-order valence-corrected chi connectivity index (χ0v) is 33.0. The number of anilines is 1. The molecule has 2 aromatic carbocycles. The number of ether oxygens (including phenoxy) is 1. The number of esters is 1. The number of amides is 1. The molecule has 10 nitrogen and oxygen atoms in total. The summed E-state index contributed by atoms with van der Waals surface area (Å²) in [6.45, 7) is 16.4. The summed E-state index contributed by atoms with van der Waals surface area (Å²) in [4.78, 5) is 38.4. The molecular formula is C43H56FN5O5S. The predicted octanol–water partition coefficient (Wildman–Crippen LogP) is 5.79. The number of hydrogen-bond donors (Lipinski definition) is 0. The van der Waals surface area contributed by atoms with Gasteiger partial charge in [0.2, 0.25) is 5.91 Å². The van der Waals surface area contributed by atoms with Crippen molar-refractivity contribution >= 4 is 27.4 Å². The van der Waals surface area contributed by atoms with E-state index in [1.54, 1.807) is 35.2 Å². The highest BCUT2D eigenvalue weighted by molar-refractivity contribution is 7.92. The Morgan fingerprint density at radius 3 is 2.33 bits per heavy atom. The molecular weight excluding hydrogens is 718 g/mol. The smallest absolute Gasteiger partial charge is 0.305 e. The van der Waals surface area contributed by atoms with Gasteiger partial charge in [-0.3, -0.25) is 14.5 Å². The topological polar surface area (TPSA) is 94.8 Å². The molecule has 2 aromatic rings. The van der Waals surface area contributed by atoms with Gasteiger partial charge in [-0.25, -0.2) is 19.4 Å². The van der Waals surface area contributed by atoms with E-state index < -0.39 is 20.6 Å². The van der Waals surface area contributed by atoms with Gasteiger partial charge in [-0.05, 0) is 107 Å². The molecule has 0 radical (unpaired) electrons. The van der Waals surface area contributed by atoms with Crippen LogP contribution in [0, 0.1) is 36.1 Å². The van der Waals surface area contributed by atoms with Gasteiger partial charge >= 0.3 is 5.97 Å². The van der Waals surface area contributed by atoms with Crippen LogP contribution in [0.5, 0.6) is 0 Å². The largest absolute Gasteiger partial charge is 0.469 e. The third-order valence-corrected chi connectivity index (χ3v) is 15.3. The first-order chi connectivity index (χ1) is 26.6. The van der Waals surface area contributed by atoms with Crippen molar-refractivity contribution in [1.29, 1.82) is 0 Å². The summed E-state index contributed by atoms with van der Waals surface area (Å²) in [5.41, 5.74) is 0.871. The van der Waals surface area contributed by atoms with Crippen LogP contribution in [-0.4, -0.2) is 113 Å². The first kappa shape index (κ1) is 39.4. The maximum absolute atomic E-state index is 14.7. The van der Waals surface area contributed by atoms with E-state index >= 15 is 0 Å². The summed E-state index contributed by atoms with van der Waals surface area (Å²) < 4.78 is 46.4. The Kier molecular flexibility index (Phi) is 12.3. The molecule has 1 aliphatic carbocycles. The van der Waals surface area contributed by atoms with E-state index in [2.05, 4.69) is 19.5 Å². The van der Waals surface area contributed by atoms with E-state index in [1.807, 2.05) is 24.3 Å². The van der Waals surface area contributed by atoms with Gasteiger partial charge in [-0.2, -0.15) is 0 Å². The number of hydrogen-bond acceptors (Lipinski definition) is 8. The van der Waals surface area contributed by atoms with Crippen LogP contribution in [0.25, 0.3) is 4.85 Å². The van der Waals surface area contributed by atoms with Gasteiger partial charge < -0.3 is 24.3 Å². The first-order valence-electron chi connectivity index (χ1n) is 20.3.